The van der Waals surface area contributed by atoms with E-state index in [4.69, 9.17) is 0 Å². The van der Waals surface area contributed by atoms with Gasteiger partial charge in [0.05, 0.1) is 0 Å². The van der Waals surface area contributed by atoms with Crippen LogP contribution in [0, 0.1) is 29.1 Å². The summed E-state index contributed by atoms with van der Waals surface area (Å²) >= 11 is -4.02. The molecule has 0 amide bonds. The summed E-state index contributed by atoms with van der Waals surface area (Å²) in [5.74, 6) is -9.64. The molecule has 0 spiro atoms. The van der Waals surface area contributed by atoms with Crippen LogP contribution < -0.4 is 13.2 Å². The molecule has 4 aromatic carbocycles. The molecule has 0 saturated heterocycles. The van der Waals surface area contributed by atoms with Gasteiger partial charge in [0.1, 0.15) is 0 Å². The van der Waals surface area contributed by atoms with E-state index >= 15 is 0 Å². The SMILES string of the molecule is Fc1c(F)c(F)c([S][Ge]([c]2ccccc2)([c]2ccccc2)[c]2ccccc2)c(F)c1F. The Hall–Kier alpha value is -2.58. The Morgan fingerprint density at radius 1 is 0.419 bits per heavy atom. The molecule has 0 unspecified atom stereocenters. The van der Waals surface area contributed by atoms with Crippen molar-refractivity contribution in [3.63, 3.8) is 0 Å². The van der Waals surface area contributed by atoms with Crippen molar-refractivity contribution in [3.8, 4) is 0 Å². The minimum absolute atomic E-state index is 0.777. The van der Waals surface area contributed by atoms with E-state index in [1.54, 1.807) is 36.4 Å². The molecule has 156 valence electrons. The van der Waals surface area contributed by atoms with Crippen LogP contribution in [0.2, 0.25) is 0 Å². The van der Waals surface area contributed by atoms with E-state index in [1.165, 1.54) is 0 Å². The first-order valence-electron chi connectivity index (χ1n) is 9.34. The normalized spacial score (nSPS) is 11.5. The summed E-state index contributed by atoms with van der Waals surface area (Å²) in [5.41, 5.74) is 0. The summed E-state index contributed by atoms with van der Waals surface area (Å²) in [4.78, 5) is -0.854. The van der Waals surface area contributed by atoms with Crippen LogP contribution in [0.25, 0.3) is 0 Å². The van der Waals surface area contributed by atoms with Crippen molar-refractivity contribution in [1.29, 1.82) is 0 Å². The first kappa shape index (κ1) is 21.6. The quantitative estimate of drug-likeness (QED) is 0.158. The van der Waals surface area contributed by atoms with Crippen LogP contribution in [-0.4, -0.2) is 12.1 Å². The van der Waals surface area contributed by atoms with Crippen LogP contribution >= 0.6 is 10.1 Å². The summed E-state index contributed by atoms with van der Waals surface area (Å²) in [6.07, 6.45) is 0. The number of hydrogen-bond acceptors (Lipinski definition) is 1. The molecule has 0 N–H and O–H groups in total. The number of benzene rings is 4. The Kier molecular flexibility index (Phi) is 6.20. The van der Waals surface area contributed by atoms with Crippen molar-refractivity contribution in [2.45, 2.75) is 4.90 Å². The summed E-state index contributed by atoms with van der Waals surface area (Å²) in [6, 6.07) is 27.4. The zero-order valence-corrected chi connectivity index (χ0v) is 18.9. The van der Waals surface area contributed by atoms with Gasteiger partial charge in [-0.1, -0.05) is 0 Å². The van der Waals surface area contributed by atoms with Crippen LogP contribution in [0.5, 0.6) is 0 Å². The van der Waals surface area contributed by atoms with Crippen LogP contribution in [0.3, 0.4) is 0 Å². The fraction of sp³-hybridized carbons (Fsp3) is 0. The third kappa shape index (κ3) is 3.79. The predicted molar refractivity (Wildman–Crippen MR) is 116 cm³/mol. The summed E-state index contributed by atoms with van der Waals surface area (Å²) < 4.78 is 73.7. The second kappa shape index (κ2) is 8.88. The van der Waals surface area contributed by atoms with Crippen molar-refractivity contribution in [2.75, 3.05) is 0 Å². The molecule has 0 atom stereocenters. The van der Waals surface area contributed by atoms with E-state index in [9.17, 15) is 22.0 Å². The zero-order valence-electron chi connectivity index (χ0n) is 16.0. The van der Waals surface area contributed by atoms with Gasteiger partial charge >= 0.3 is 182 Å². The van der Waals surface area contributed by atoms with Crippen molar-refractivity contribution >= 4 is 35.4 Å². The predicted octanol–water partition coefficient (Wildman–Crippen LogP) is 5.14. The third-order valence-electron chi connectivity index (χ3n) is 4.97. The summed E-state index contributed by atoms with van der Waals surface area (Å²) in [6.45, 7) is 0. The summed E-state index contributed by atoms with van der Waals surface area (Å²) in [5, 5.41) is 0. The molecule has 4 aromatic rings. The second-order valence-electron chi connectivity index (χ2n) is 6.78. The number of halogens is 5. The molecule has 7 heteroatoms. The molecule has 31 heavy (non-hydrogen) atoms. The van der Waals surface area contributed by atoms with Crippen LogP contribution in [0.15, 0.2) is 95.9 Å². The minimum atomic E-state index is -4.02. The van der Waals surface area contributed by atoms with E-state index in [1.807, 2.05) is 54.6 Å². The molecular formula is C24H15F5GeS. The van der Waals surface area contributed by atoms with Crippen molar-refractivity contribution in [1.82, 2.24) is 0 Å². The Labute approximate surface area is 182 Å². The van der Waals surface area contributed by atoms with E-state index in [0.29, 0.717) is 0 Å². The van der Waals surface area contributed by atoms with E-state index < -0.39 is 46.1 Å². The summed E-state index contributed by atoms with van der Waals surface area (Å²) in [7, 11) is 0.777. The molecule has 0 aliphatic rings. The molecule has 0 heterocycles. The Morgan fingerprint density at radius 3 is 1.03 bits per heavy atom. The van der Waals surface area contributed by atoms with Crippen LogP contribution in [-0.2, 0) is 0 Å². The van der Waals surface area contributed by atoms with Crippen molar-refractivity contribution in [3.05, 3.63) is 120 Å². The van der Waals surface area contributed by atoms with E-state index in [-0.39, 0.29) is 0 Å². The van der Waals surface area contributed by atoms with Gasteiger partial charge in [0.25, 0.3) is 0 Å². The first-order valence-corrected chi connectivity index (χ1v) is 15.9. The molecule has 0 nitrogen and oxygen atoms in total. The molecule has 0 fully saturated rings. The van der Waals surface area contributed by atoms with Gasteiger partial charge in [-0.2, -0.15) is 0 Å². The van der Waals surface area contributed by atoms with Gasteiger partial charge in [-0.05, 0) is 0 Å². The van der Waals surface area contributed by atoms with Gasteiger partial charge in [-0.3, -0.25) is 0 Å². The molecule has 0 saturated carbocycles. The average molecular weight is 503 g/mol. The second-order valence-corrected chi connectivity index (χ2v) is 18.4. The number of hydrogen-bond donors (Lipinski definition) is 0. The Morgan fingerprint density at radius 2 is 0.710 bits per heavy atom. The first-order chi connectivity index (χ1) is 15.0. The molecule has 0 aromatic heterocycles. The monoisotopic (exact) mass is 504 g/mol. The number of rotatable bonds is 5. The maximum absolute atomic E-state index is 14.8. The van der Waals surface area contributed by atoms with Crippen LogP contribution in [0.1, 0.15) is 0 Å². The molecular weight excluding hydrogens is 488 g/mol. The van der Waals surface area contributed by atoms with Gasteiger partial charge < -0.3 is 0 Å². The van der Waals surface area contributed by atoms with Crippen molar-refractivity contribution < 1.29 is 22.0 Å². The standard InChI is InChI=1S/C24H15F5GeS/c25-19-20(26)22(28)24(23(29)21(19)27)31-30(16-10-4-1-5-11-16,17-12-6-2-7-13-17)18-14-8-3-9-15-18/h1-15H. The topological polar surface area (TPSA) is 0 Å². The molecule has 4 rings (SSSR count). The van der Waals surface area contributed by atoms with Crippen molar-refractivity contribution in [2.24, 2.45) is 0 Å². The molecule has 0 aliphatic carbocycles. The van der Waals surface area contributed by atoms with Gasteiger partial charge in [0, 0.05) is 0 Å². The van der Waals surface area contributed by atoms with Gasteiger partial charge in [0.2, 0.25) is 0 Å². The fourth-order valence-electron chi connectivity index (χ4n) is 3.52. The zero-order chi connectivity index (χ0) is 22.0. The third-order valence-corrected chi connectivity index (χ3v) is 19.9. The van der Waals surface area contributed by atoms with E-state index in [0.717, 1.165) is 23.3 Å². The molecule has 0 aliphatic heterocycles. The average Bonchev–Trinajstić information content (AvgIpc) is 2.83. The van der Waals surface area contributed by atoms with Gasteiger partial charge in [-0.15, -0.1) is 0 Å². The molecule has 0 radical (unpaired) electrons. The van der Waals surface area contributed by atoms with Gasteiger partial charge in [0.15, 0.2) is 0 Å². The molecule has 0 bridgehead atoms. The Bertz CT molecular complexity index is 1080. The fourth-order valence-corrected chi connectivity index (χ4v) is 18.2. The van der Waals surface area contributed by atoms with Gasteiger partial charge in [-0.25, -0.2) is 0 Å². The van der Waals surface area contributed by atoms with Crippen LogP contribution in [0.4, 0.5) is 22.0 Å². The maximum atomic E-state index is 14.8. The van der Waals surface area contributed by atoms with E-state index in [2.05, 4.69) is 0 Å². The Balaban J connectivity index is 2.08.